The maximum absolute atomic E-state index is 11.4. The molecule has 0 bridgehead atoms. The van der Waals surface area contributed by atoms with Crippen LogP contribution in [0.1, 0.15) is 32.4 Å². The van der Waals surface area contributed by atoms with Crippen molar-refractivity contribution in [2.24, 2.45) is 0 Å². The lowest BCUT2D eigenvalue weighted by atomic mass is 10.1. The number of hydrogen-bond acceptors (Lipinski definition) is 4. The van der Waals surface area contributed by atoms with Gasteiger partial charge in [0.1, 0.15) is 17.5 Å². The highest BCUT2D eigenvalue weighted by atomic mass is 35.6. The first-order valence-electron chi connectivity index (χ1n) is 5.74. The molecule has 1 rings (SSSR count). The number of halogens is 3. The number of carbonyl (C=O) groups is 1. The number of hydrogen-bond donors (Lipinski definition) is 1. The van der Waals surface area contributed by atoms with Crippen molar-refractivity contribution in [1.29, 1.82) is 0 Å². The molecule has 0 amide bonds. The minimum atomic E-state index is -1.83. The fourth-order valence-corrected chi connectivity index (χ4v) is 1.65. The number of benzene rings is 1. The Morgan fingerprint density at radius 1 is 1.15 bits per heavy atom. The van der Waals surface area contributed by atoms with E-state index in [1.807, 2.05) is 0 Å². The van der Waals surface area contributed by atoms with Gasteiger partial charge in [-0.25, -0.2) is 4.79 Å². The van der Waals surface area contributed by atoms with Gasteiger partial charge in [0.25, 0.3) is 0 Å². The van der Waals surface area contributed by atoms with Crippen LogP contribution >= 0.6 is 34.8 Å². The Labute approximate surface area is 132 Å². The van der Waals surface area contributed by atoms with Crippen molar-refractivity contribution >= 4 is 41.0 Å². The van der Waals surface area contributed by atoms with Gasteiger partial charge in [-0.2, -0.15) is 0 Å². The van der Waals surface area contributed by atoms with Gasteiger partial charge >= 0.3 is 6.16 Å². The zero-order chi connectivity index (χ0) is 15.6. The van der Waals surface area contributed by atoms with Crippen molar-refractivity contribution in [3.05, 3.63) is 29.8 Å². The molecule has 1 aromatic rings. The summed E-state index contributed by atoms with van der Waals surface area (Å²) in [7, 11) is 0. The van der Waals surface area contributed by atoms with E-state index in [4.69, 9.17) is 44.3 Å². The molecule has 1 N–H and O–H groups in total. The highest BCUT2D eigenvalue weighted by Gasteiger charge is 2.32. The molecule has 1 aromatic carbocycles. The summed E-state index contributed by atoms with van der Waals surface area (Å²) in [5.41, 5.74) is -0.246. The smallest absolute Gasteiger partial charge is 0.428 e. The van der Waals surface area contributed by atoms with E-state index in [0.717, 1.165) is 0 Å². The average Bonchev–Trinajstić information content (AvgIpc) is 2.25. The van der Waals surface area contributed by atoms with Gasteiger partial charge in [0, 0.05) is 0 Å². The minimum Gasteiger partial charge on any atom is -0.428 e. The molecule has 1 atom stereocenters. The molecule has 0 aromatic heterocycles. The van der Waals surface area contributed by atoms with Crippen LogP contribution in [0.25, 0.3) is 0 Å². The third-order valence-corrected chi connectivity index (χ3v) is 2.72. The van der Waals surface area contributed by atoms with Crippen LogP contribution in [0.4, 0.5) is 4.79 Å². The Balaban J connectivity index is 2.70. The first kappa shape index (κ1) is 17.4. The standard InChI is InChI=1S/C13H15Cl3O4/c1-12(2,3)20-11(18)19-9-6-4-8(5-7-9)10(17)13(14,15)16/h4-7,10,17H,1-3H3. The van der Waals surface area contributed by atoms with Gasteiger partial charge in [-0.1, -0.05) is 46.9 Å². The van der Waals surface area contributed by atoms with Crippen molar-refractivity contribution in [2.45, 2.75) is 36.3 Å². The maximum atomic E-state index is 11.4. The Kier molecular flexibility index (Phi) is 5.55. The van der Waals surface area contributed by atoms with Gasteiger partial charge in [-0.05, 0) is 38.5 Å². The number of ether oxygens (including phenoxy) is 2. The third-order valence-electron chi connectivity index (χ3n) is 2.10. The van der Waals surface area contributed by atoms with Crippen LogP contribution < -0.4 is 4.74 Å². The number of aliphatic hydroxyl groups excluding tert-OH is 1. The molecule has 1 unspecified atom stereocenters. The monoisotopic (exact) mass is 340 g/mol. The molecular weight excluding hydrogens is 326 g/mol. The van der Waals surface area contributed by atoms with Crippen LogP contribution in [0, 0.1) is 0 Å². The normalized spacial score (nSPS) is 13.8. The van der Waals surface area contributed by atoms with Gasteiger partial charge in [0.15, 0.2) is 0 Å². The molecule has 0 saturated heterocycles. The number of carbonyl (C=O) groups excluding carboxylic acids is 1. The van der Waals surface area contributed by atoms with E-state index in [1.165, 1.54) is 24.3 Å². The molecule has 0 spiro atoms. The van der Waals surface area contributed by atoms with Crippen molar-refractivity contribution in [2.75, 3.05) is 0 Å². The highest BCUT2D eigenvalue weighted by Crippen LogP contribution is 2.39. The lowest BCUT2D eigenvalue weighted by Gasteiger charge is -2.20. The summed E-state index contributed by atoms with van der Waals surface area (Å²) in [5, 5.41) is 9.75. The van der Waals surface area contributed by atoms with E-state index in [0.29, 0.717) is 5.56 Å². The fourth-order valence-electron chi connectivity index (χ4n) is 1.27. The van der Waals surface area contributed by atoms with E-state index in [1.54, 1.807) is 20.8 Å². The van der Waals surface area contributed by atoms with E-state index < -0.39 is 21.7 Å². The zero-order valence-corrected chi connectivity index (χ0v) is 13.5. The molecular formula is C13H15Cl3O4. The van der Waals surface area contributed by atoms with E-state index in [-0.39, 0.29) is 5.75 Å². The maximum Gasteiger partial charge on any atom is 0.514 e. The molecule has 0 aliphatic rings. The van der Waals surface area contributed by atoms with Crippen molar-refractivity contribution in [3.63, 3.8) is 0 Å². The van der Waals surface area contributed by atoms with Crippen molar-refractivity contribution < 1.29 is 19.4 Å². The predicted molar refractivity (Wildman–Crippen MR) is 78.6 cm³/mol. The Hall–Kier alpha value is -0.680. The topological polar surface area (TPSA) is 55.8 Å². The summed E-state index contributed by atoms with van der Waals surface area (Å²) < 4.78 is 8.14. The van der Waals surface area contributed by atoms with Gasteiger partial charge in [-0.3, -0.25) is 0 Å². The van der Waals surface area contributed by atoms with Gasteiger partial charge in [0.05, 0.1) is 0 Å². The van der Waals surface area contributed by atoms with Gasteiger partial charge in [0.2, 0.25) is 3.79 Å². The van der Waals surface area contributed by atoms with Crippen molar-refractivity contribution in [1.82, 2.24) is 0 Å². The molecule has 0 fully saturated rings. The van der Waals surface area contributed by atoms with Gasteiger partial charge in [-0.15, -0.1) is 0 Å². The summed E-state index contributed by atoms with van der Waals surface area (Å²) in [6.45, 7) is 5.19. The number of aliphatic hydroxyl groups is 1. The second-order valence-corrected chi connectivity index (χ2v) is 7.45. The number of alkyl halides is 3. The SMILES string of the molecule is CC(C)(C)OC(=O)Oc1ccc(C(O)C(Cl)(Cl)Cl)cc1. The lowest BCUT2D eigenvalue weighted by Crippen LogP contribution is -2.26. The van der Waals surface area contributed by atoms with Crippen LogP contribution in [-0.4, -0.2) is 20.7 Å². The van der Waals surface area contributed by atoms with Crippen LogP contribution in [0.15, 0.2) is 24.3 Å². The Bertz CT molecular complexity index is 460. The van der Waals surface area contributed by atoms with Gasteiger partial charge < -0.3 is 14.6 Å². The molecule has 0 heterocycles. The number of rotatable bonds is 2. The summed E-state index contributed by atoms with van der Waals surface area (Å²) in [4.78, 5) is 11.4. The quantitative estimate of drug-likeness (QED) is 0.492. The van der Waals surface area contributed by atoms with Crippen LogP contribution in [0.2, 0.25) is 0 Å². The largest absolute Gasteiger partial charge is 0.514 e. The molecule has 4 nitrogen and oxygen atoms in total. The molecule has 0 radical (unpaired) electrons. The minimum absolute atomic E-state index is 0.263. The first-order chi connectivity index (χ1) is 8.99. The van der Waals surface area contributed by atoms with Crippen LogP contribution in [-0.2, 0) is 4.74 Å². The molecule has 20 heavy (non-hydrogen) atoms. The van der Waals surface area contributed by atoms with Crippen LogP contribution in [0.5, 0.6) is 5.75 Å². The van der Waals surface area contributed by atoms with Crippen molar-refractivity contribution in [3.8, 4) is 5.75 Å². The predicted octanol–water partition coefficient (Wildman–Crippen LogP) is 4.40. The summed E-state index contributed by atoms with van der Waals surface area (Å²) >= 11 is 16.8. The third kappa shape index (κ3) is 5.75. The zero-order valence-electron chi connectivity index (χ0n) is 11.2. The molecule has 7 heteroatoms. The first-order valence-corrected chi connectivity index (χ1v) is 6.88. The fraction of sp³-hybridized carbons (Fsp3) is 0.462. The Morgan fingerprint density at radius 2 is 1.65 bits per heavy atom. The second kappa shape index (κ2) is 6.39. The summed E-state index contributed by atoms with van der Waals surface area (Å²) in [6.07, 6.45) is -2.09. The second-order valence-electron chi connectivity index (χ2n) is 5.08. The summed E-state index contributed by atoms with van der Waals surface area (Å²) in [5.74, 6) is 0.263. The highest BCUT2D eigenvalue weighted by molar-refractivity contribution is 6.68. The molecule has 112 valence electrons. The molecule has 0 saturated carbocycles. The van der Waals surface area contributed by atoms with E-state index in [9.17, 15) is 9.90 Å². The van der Waals surface area contributed by atoms with Crippen LogP contribution in [0.3, 0.4) is 0 Å². The van der Waals surface area contributed by atoms with E-state index >= 15 is 0 Å². The van der Waals surface area contributed by atoms with E-state index in [2.05, 4.69) is 0 Å². The lowest BCUT2D eigenvalue weighted by molar-refractivity contribution is 0.0206. The molecule has 0 aliphatic heterocycles. The molecule has 0 aliphatic carbocycles. The Morgan fingerprint density at radius 3 is 2.05 bits per heavy atom. The summed E-state index contributed by atoms with van der Waals surface area (Å²) in [6, 6.07) is 5.93. The average molecular weight is 342 g/mol.